The van der Waals surface area contributed by atoms with Gasteiger partial charge in [0.2, 0.25) is 17.8 Å². The highest BCUT2D eigenvalue weighted by atomic mass is 16.7. The lowest BCUT2D eigenvalue weighted by Crippen LogP contribution is -2.61. The molecule has 0 unspecified atom stereocenters. The van der Waals surface area contributed by atoms with Gasteiger partial charge in [-0.3, -0.25) is 9.59 Å². The van der Waals surface area contributed by atoms with Crippen LogP contribution in [0.3, 0.4) is 0 Å². The molecule has 2 aliphatic rings. The molecule has 2 aliphatic heterocycles. The van der Waals surface area contributed by atoms with Gasteiger partial charge < -0.3 is 74.4 Å². The molecule has 3 aromatic rings. The van der Waals surface area contributed by atoms with E-state index in [1.165, 1.54) is 13.0 Å². The number of esters is 2. The second-order valence-electron chi connectivity index (χ2n) is 11.5. The minimum Gasteiger partial charge on any atom is -0.507 e. The van der Waals surface area contributed by atoms with Gasteiger partial charge in [0.1, 0.15) is 59.6 Å². The molecule has 1 aromatic heterocycles. The molecular formula is C31H35O18+. The van der Waals surface area contributed by atoms with E-state index in [9.17, 15) is 55.5 Å². The smallest absolute Gasteiger partial charge is 0.402 e. The molecule has 2 aromatic carbocycles. The first-order chi connectivity index (χ1) is 23.0. The molecule has 0 saturated carbocycles. The minimum atomic E-state index is -1.93. The summed E-state index contributed by atoms with van der Waals surface area (Å²) in [4.78, 5) is 23.6. The highest BCUT2D eigenvalue weighted by Gasteiger charge is 2.48. The fourth-order valence-electron chi connectivity index (χ4n) is 5.27. The van der Waals surface area contributed by atoms with E-state index in [4.69, 9.17) is 32.8 Å². The highest BCUT2D eigenvalue weighted by molar-refractivity contribution is 5.89. The van der Waals surface area contributed by atoms with Gasteiger partial charge in [-0.2, -0.15) is 0 Å². The molecule has 49 heavy (non-hydrogen) atoms. The van der Waals surface area contributed by atoms with Gasteiger partial charge in [-0.1, -0.05) is 0 Å². The standard InChI is InChI=1S/C31H34O18/c1-10-22(36)25(39)27(41)30(44-10)43-9-21-24(38)26(40)28(42)31(49-21)48-20-8-15-16(35)6-14(34)7-17(15)47-29(20)13-4-18(45-11(2)32)23(37)19(5-13)46-12(3)33/h4-8,10,21-22,24-28,30-31,36,38-42H,9H2,1-3H3,(H2-,34,35,37)/p+1/t10-,21+,22-,24+,25+,26-,27+,28+,30+,31+/m0/s1. The molecule has 0 amide bonds. The van der Waals surface area contributed by atoms with Crippen LogP contribution in [-0.2, 0) is 23.8 Å². The third-order valence-electron chi connectivity index (χ3n) is 7.77. The van der Waals surface area contributed by atoms with Gasteiger partial charge in [0, 0.05) is 38.1 Å². The van der Waals surface area contributed by atoms with Crippen molar-refractivity contribution in [2.75, 3.05) is 6.61 Å². The number of aliphatic hydroxyl groups excluding tert-OH is 6. The first-order valence-corrected chi connectivity index (χ1v) is 14.8. The Balaban J connectivity index is 1.53. The summed E-state index contributed by atoms with van der Waals surface area (Å²) in [7, 11) is 0. The molecule has 0 bridgehead atoms. The van der Waals surface area contributed by atoms with E-state index < -0.39 is 109 Å². The lowest BCUT2D eigenvalue weighted by Gasteiger charge is -2.42. The largest absolute Gasteiger partial charge is 0.507 e. The molecule has 9 N–H and O–H groups in total. The number of ether oxygens (including phenoxy) is 6. The number of hydrogen-bond donors (Lipinski definition) is 9. The molecular weight excluding hydrogens is 660 g/mol. The van der Waals surface area contributed by atoms with Crippen molar-refractivity contribution in [3.8, 4) is 45.8 Å². The van der Waals surface area contributed by atoms with E-state index in [0.717, 1.165) is 38.1 Å². The van der Waals surface area contributed by atoms with Crippen LogP contribution in [0.4, 0.5) is 0 Å². The second kappa shape index (κ2) is 14.2. The summed E-state index contributed by atoms with van der Waals surface area (Å²) in [5.74, 6) is -4.84. The van der Waals surface area contributed by atoms with Crippen LogP contribution in [0, 0.1) is 0 Å². The zero-order valence-electron chi connectivity index (χ0n) is 26.1. The number of aliphatic hydroxyl groups is 6. The van der Waals surface area contributed by atoms with E-state index >= 15 is 0 Å². The average molecular weight is 696 g/mol. The number of phenolic OH excluding ortho intramolecular Hbond substituents is 3. The normalized spacial score (nSPS) is 30.1. The average Bonchev–Trinajstić information content (AvgIpc) is 3.03. The fraction of sp³-hybridized carbons (Fsp3) is 0.452. The van der Waals surface area contributed by atoms with Crippen molar-refractivity contribution in [1.29, 1.82) is 0 Å². The van der Waals surface area contributed by atoms with Crippen molar-refractivity contribution in [1.82, 2.24) is 0 Å². The van der Waals surface area contributed by atoms with Crippen LogP contribution in [0.25, 0.3) is 22.3 Å². The fourth-order valence-corrected chi connectivity index (χ4v) is 5.27. The molecule has 2 fully saturated rings. The molecule has 10 atom stereocenters. The van der Waals surface area contributed by atoms with Crippen LogP contribution in [0.5, 0.6) is 34.5 Å². The molecule has 2 saturated heterocycles. The minimum absolute atomic E-state index is 0.0280. The molecule has 0 aliphatic carbocycles. The van der Waals surface area contributed by atoms with Gasteiger partial charge in [0.25, 0.3) is 0 Å². The summed E-state index contributed by atoms with van der Waals surface area (Å²) in [6.45, 7) is 2.93. The quantitative estimate of drug-likeness (QED) is 0.0806. The third kappa shape index (κ3) is 7.47. The first kappa shape index (κ1) is 35.9. The van der Waals surface area contributed by atoms with E-state index in [1.54, 1.807) is 0 Å². The van der Waals surface area contributed by atoms with Crippen molar-refractivity contribution in [3.05, 3.63) is 30.3 Å². The summed E-state index contributed by atoms with van der Waals surface area (Å²) >= 11 is 0. The van der Waals surface area contributed by atoms with Crippen LogP contribution < -0.4 is 14.2 Å². The predicted octanol–water partition coefficient (Wildman–Crippen LogP) is -0.621. The Morgan fingerprint density at radius 2 is 1.33 bits per heavy atom. The summed E-state index contributed by atoms with van der Waals surface area (Å²) in [6.07, 6.45) is -16.0. The van der Waals surface area contributed by atoms with E-state index in [1.807, 2.05) is 0 Å². The Morgan fingerprint density at radius 1 is 0.735 bits per heavy atom. The highest BCUT2D eigenvalue weighted by Crippen LogP contribution is 2.46. The van der Waals surface area contributed by atoms with Crippen LogP contribution >= 0.6 is 0 Å². The Bertz CT molecular complexity index is 1670. The van der Waals surface area contributed by atoms with Crippen molar-refractivity contribution < 1.29 is 88.4 Å². The Hall–Kier alpha value is -4.37. The molecule has 5 rings (SSSR count). The lowest BCUT2D eigenvalue weighted by atomic mass is 9.98. The maximum atomic E-state index is 11.8. The zero-order chi connectivity index (χ0) is 35.9. The van der Waals surface area contributed by atoms with Gasteiger partial charge in [-0.25, -0.2) is 4.42 Å². The number of fused-ring (bicyclic) bond motifs is 1. The second-order valence-corrected chi connectivity index (χ2v) is 11.5. The zero-order valence-corrected chi connectivity index (χ0v) is 26.1. The number of rotatable bonds is 8. The van der Waals surface area contributed by atoms with Gasteiger partial charge in [-0.15, -0.1) is 0 Å². The maximum Gasteiger partial charge on any atom is 0.402 e. The van der Waals surface area contributed by atoms with Crippen molar-refractivity contribution in [3.63, 3.8) is 0 Å². The Morgan fingerprint density at radius 3 is 1.94 bits per heavy atom. The van der Waals surface area contributed by atoms with Gasteiger partial charge in [0.05, 0.1) is 24.3 Å². The van der Waals surface area contributed by atoms with Crippen molar-refractivity contribution >= 4 is 22.9 Å². The predicted molar refractivity (Wildman–Crippen MR) is 159 cm³/mol. The van der Waals surface area contributed by atoms with Gasteiger partial charge in [-0.05, 0) is 6.92 Å². The number of carbonyl (C=O) groups excluding carboxylic acids is 2. The number of carbonyl (C=O) groups is 2. The molecule has 0 radical (unpaired) electrons. The molecule has 3 heterocycles. The number of aromatic hydroxyl groups is 3. The number of hydrogen-bond acceptors (Lipinski definition) is 17. The van der Waals surface area contributed by atoms with Gasteiger partial charge in [0.15, 0.2) is 17.8 Å². The number of benzene rings is 2. The van der Waals surface area contributed by atoms with Crippen LogP contribution in [0.15, 0.2) is 34.7 Å². The maximum absolute atomic E-state index is 11.8. The summed E-state index contributed by atoms with van der Waals surface area (Å²) in [5.41, 5.74) is -0.190. The van der Waals surface area contributed by atoms with Gasteiger partial charge >= 0.3 is 23.3 Å². The molecule has 266 valence electrons. The van der Waals surface area contributed by atoms with E-state index in [-0.39, 0.29) is 28.0 Å². The van der Waals surface area contributed by atoms with E-state index in [2.05, 4.69) is 0 Å². The topological polar surface area (TPSA) is 283 Å². The lowest BCUT2D eigenvalue weighted by molar-refractivity contribution is -0.318. The Kier molecular flexibility index (Phi) is 10.4. The Labute approximate surface area is 276 Å². The van der Waals surface area contributed by atoms with E-state index in [0.29, 0.717) is 0 Å². The summed E-state index contributed by atoms with van der Waals surface area (Å²) in [6, 6.07) is 5.56. The van der Waals surface area contributed by atoms with Crippen molar-refractivity contribution in [2.45, 2.75) is 82.2 Å². The monoisotopic (exact) mass is 695 g/mol. The molecule has 18 heteroatoms. The first-order valence-electron chi connectivity index (χ1n) is 14.8. The SMILES string of the molecule is CC(=O)Oc1cc(-c2[o+]c3cc(O)cc(O)c3cc2O[C@@H]2O[C@H](CO[C@@H]3O[C@@H](C)[C@H](O)[C@@H](O)[C@H]3O)[C@@H](O)[C@H](O)[C@H]2O)cc(OC(C)=O)c1O. The third-order valence-corrected chi connectivity index (χ3v) is 7.77. The molecule has 0 spiro atoms. The van der Waals surface area contributed by atoms with Crippen LogP contribution in [-0.4, -0.2) is 126 Å². The summed E-state index contributed by atoms with van der Waals surface area (Å²) < 4.78 is 38.6. The van der Waals surface area contributed by atoms with Crippen molar-refractivity contribution in [2.24, 2.45) is 0 Å². The van der Waals surface area contributed by atoms with Crippen LogP contribution in [0.1, 0.15) is 20.8 Å². The molecule has 18 nitrogen and oxygen atoms in total. The van der Waals surface area contributed by atoms with Crippen LogP contribution in [0.2, 0.25) is 0 Å². The number of phenols is 3. The summed E-state index contributed by atoms with van der Waals surface area (Å²) in [5, 5.41) is 93.7.